The van der Waals surface area contributed by atoms with Gasteiger partial charge >= 0.3 is 0 Å². The summed E-state index contributed by atoms with van der Waals surface area (Å²) in [4.78, 5) is 15.7. The second kappa shape index (κ2) is 4.67. The van der Waals surface area contributed by atoms with Crippen molar-refractivity contribution < 1.29 is 9.18 Å². The molecule has 0 unspecified atom stereocenters. The largest absolute Gasteiger partial charge is 0.330 e. The quantitative estimate of drug-likeness (QED) is 0.926. The molecule has 17 heavy (non-hydrogen) atoms. The summed E-state index contributed by atoms with van der Waals surface area (Å²) in [5.41, 5.74) is 0.789. The minimum absolute atomic E-state index is 0.337. The Morgan fingerprint density at radius 3 is 2.94 bits per heavy atom. The highest BCUT2D eigenvalue weighted by atomic mass is 79.9. The van der Waals surface area contributed by atoms with E-state index in [0.29, 0.717) is 15.9 Å². The summed E-state index contributed by atoms with van der Waals surface area (Å²) in [6.45, 7) is 0. The van der Waals surface area contributed by atoms with Crippen molar-refractivity contribution in [2.24, 2.45) is 7.05 Å². The molecule has 0 spiro atoms. The Hall–Kier alpha value is -1.69. The van der Waals surface area contributed by atoms with Gasteiger partial charge in [0.2, 0.25) is 0 Å². The lowest BCUT2D eigenvalue weighted by atomic mass is 10.3. The van der Waals surface area contributed by atoms with Gasteiger partial charge in [-0.3, -0.25) is 4.79 Å². The normalized spacial score (nSPS) is 10.3. The van der Waals surface area contributed by atoms with Crippen LogP contribution in [0.2, 0.25) is 0 Å². The average Bonchev–Trinajstić information content (AvgIpc) is 2.70. The van der Waals surface area contributed by atoms with Gasteiger partial charge < -0.3 is 9.88 Å². The Labute approximate surface area is 106 Å². The van der Waals surface area contributed by atoms with Crippen LogP contribution in [-0.2, 0) is 7.05 Å². The third-order valence-corrected chi connectivity index (χ3v) is 2.92. The number of imidazole rings is 1. The monoisotopic (exact) mass is 297 g/mol. The molecule has 0 aliphatic carbocycles. The van der Waals surface area contributed by atoms with E-state index < -0.39 is 5.82 Å². The first-order chi connectivity index (χ1) is 8.08. The van der Waals surface area contributed by atoms with Crippen LogP contribution >= 0.6 is 15.9 Å². The van der Waals surface area contributed by atoms with E-state index in [4.69, 9.17) is 0 Å². The number of hydrogen-bond acceptors (Lipinski definition) is 2. The first-order valence-electron chi connectivity index (χ1n) is 4.80. The van der Waals surface area contributed by atoms with Gasteiger partial charge in [0.25, 0.3) is 5.91 Å². The number of benzene rings is 1. The van der Waals surface area contributed by atoms with Crippen LogP contribution in [0.15, 0.2) is 35.2 Å². The first-order valence-corrected chi connectivity index (χ1v) is 5.60. The zero-order chi connectivity index (χ0) is 12.4. The Bertz CT molecular complexity index is 568. The summed E-state index contributed by atoms with van der Waals surface area (Å²) in [6.07, 6.45) is 2.97. The van der Waals surface area contributed by atoms with Crippen molar-refractivity contribution in [2.45, 2.75) is 0 Å². The van der Waals surface area contributed by atoms with Gasteiger partial charge in [-0.05, 0) is 34.1 Å². The fourth-order valence-corrected chi connectivity index (χ4v) is 1.70. The Kier molecular flexibility index (Phi) is 3.23. The molecule has 88 valence electrons. The fraction of sp³-hybridized carbons (Fsp3) is 0.0909. The number of anilines is 1. The molecule has 1 amide bonds. The van der Waals surface area contributed by atoms with Crippen LogP contribution in [0.1, 0.15) is 10.5 Å². The maximum atomic E-state index is 13.0. The first kappa shape index (κ1) is 11.8. The van der Waals surface area contributed by atoms with Crippen LogP contribution in [0.4, 0.5) is 10.1 Å². The maximum Gasteiger partial charge on any atom is 0.273 e. The number of nitrogens with zero attached hydrogens (tertiary/aromatic N) is 2. The highest BCUT2D eigenvalue weighted by Crippen LogP contribution is 2.23. The van der Waals surface area contributed by atoms with Gasteiger partial charge in [0.15, 0.2) is 0 Å². The number of halogens is 2. The molecular weight excluding hydrogens is 289 g/mol. The minimum Gasteiger partial charge on any atom is -0.330 e. The average molecular weight is 298 g/mol. The lowest BCUT2D eigenvalue weighted by Crippen LogP contribution is -2.15. The van der Waals surface area contributed by atoms with Crippen LogP contribution in [0.5, 0.6) is 0 Å². The zero-order valence-electron chi connectivity index (χ0n) is 8.95. The maximum absolute atomic E-state index is 13.0. The molecule has 4 nitrogen and oxygen atoms in total. The standard InChI is InChI=1S/C11H9BrFN3O/c1-16-6-14-5-10(16)11(17)15-9-4-7(13)2-3-8(9)12/h2-6H,1H3,(H,15,17). The lowest BCUT2D eigenvalue weighted by Gasteiger charge is -2.07. The molecule has 2 aromatic rings. The predicted octanol–water partition coefficient (Wildman–Crippen LogP) is 2.57. The van der Waals surface area contributed by atoms with E-state index in [1.165, 1.54) is 30.7 Å². The molecule has 0 aliphatic rings. The molecule has 1 aromatic carbocycles. The van der Waals surface area contributed by atoms with Crippen LogP contribution in [-0.4, -0.2) is 15.5 Å². The molecular formula is C11H9BrFN3O. The van der Waals surface area contributed by atoms with Gasteiger partial charge in [-0.15, -0.1) is 0 Å². The van der Waals surface area contributed by atoms with E-state index in [1.54, 1.807) is 11.6 Å². The van der Waals surface area contributed by atoms with E-state index in [1.807, 2.05) is 0 Å². The van der Waals surface area contributed by atoms with Crippen molar-refractivity contribution in [3.05, 3.63) is 46.7 Å². The van der Waals surface area contributed by atoms with E-state index in [2.05, 4.69) is 26.2 Å². The number of aryl methyl sites for hydroxylation is 1. The van der Waals surface area contributed by atoms with Crippen molar-refractivity contribution in [2.75, 3.05) is 5.32 Å². The summed E-state index contributed by atoms with van der Waals surface area (Å²) in [5, 5.41) is 2.61. The van der Waals surface area contributed by atoms with Gasteiger partial charge in [0.1, 0.15) is 11.5 Å². The summed E-state index contributed by atoms with van der Waals surface area (Å²) in [7, 11) is 1.71. The highest BCUT2D eigenvalue weighted by molar-refractivity contribution is 9.10. The van der Waals surface area contributed by atoms with E-state index >= 15 is 0 Å². The van der Waals surface area contributed by atoms with Crippen molar-refractivity contribution in [3.8, 4) is 0 Å². The second-order valence-electron chi connectivity index (χ2n) is 3.47. The lowest BCUT2D eigenvalue weighted by molar-refractivity contribution is 0.101. The molecule has 0 atom stereocenters. The van der Waals surface area contributed by atoms with Gasteiger partial charge in [-0.1, -0.05) is 0 Å². The highest BCUT2D eigenvalue weighted by Gasteiger charge is 2.11. The SMILES string of the molecule is Cn1cncc1C(=O)Nc1cc(F)ccc1Br. The minimum atomic E-state index is -0.409. The molecule has 0 aliphatic heterocycles. The van der Waals surface area contributed by atoms with Gasteiger partial charge in [-0.25, -0.2) is 9.37 Å². The molecule has 1 heterocycles. The topological polar surface area (TPSA) is 46.9 Å². The molecule has 0 fully saturated rings. The number of hydrogen-bond donors (Lipinski definition) is 1. The summed E-state index contributed by atoms with van der Waals surface area (Å²) < 4.78 is 15.2. The van der Waals surface area contributed by atoms with Crippen LogP contribution in [0.3, 0.4) is 0 Å². The molecule has 1 aromatic heterocycles. The fourth-order valence-electron chi connectivity index (χ4n) is 1.36. The zero-order valence-corrected chi connectivity index (χ0v) is 10.5. The van der Waals surface area contributed by atoms with Crippen molar-refractivity contribution >= 4 is 27.5 Å². The van der Waals surface area contributed by atoms with Crippen LogP contribution < -0.4 is 5.32 Å². The van der Waals surface area contributed by atoms with Crippen molar-refractivity contribution in [3.63, 3.8) is 0 Å². The molecule has 6 heteroatoms. The number of amides is 1. The molecule has 0 saturated heterocycles. The van der Waals surface area contributed by atoms with E-state index in [9.17, 15) is 9.18 Å². The second-order valence-corrected chi connectivity index (χ2v) is 4.32. The predicted molar refractivity (Wildman–Crippen MR) is 65.3 cm³/mol. The number of nitrogens with one attached hydrogen (secondary N) is 1. The van der Waals surface area contributed by atoms with E-state index in [0.717, 1.165) is 0 Å². The van der Waals surface area contributed by atoms with Crippen molar-refractivity contribution in [1.82, 2.24) is 9.55 Å². The molecule has 0 saturated carbocycles. The van der Waals surface area contributed by atoms with E-state index in [-0.39, 0.29) is 5.91 Å². The van der Waals surface area contributed by atoms with Gasteiger partial charge in [0, 0.05) is 11.5 Å². The van der Waals surface area contributed by atoms with Gasteiger partial charge in [0.05, 0.1) is 18.2 Å². The van der Waals surface area contributed by atoms with Crippen LogP contribution in [0, 0.1) is 5.82 Å². The number of carbonyl (C=O) groups is 1. The number of carbonyl (C=O) groups excluding carboxylic acids is 1. The van der Waals surface area contributed by atoms with Crippen LogP contribution in [0.25, 0.3) is 0 Å². The summed E-state index contributed by atoms with van der Waals surface area (Å²) in [6, 6.07) is 4.09. The summed E-state index contributed by atoms with van der Waals surface area (Å²) >= 11 is 3.24. The molecule has 0 bridgehead atoms. The third-order valence-electron chi connectivity index (χ3n) is 2.23. The summed E-state index contributed by atoms with van der Waals surface area (Å²) in [5.74, 6) is -0.746. The smallest absolute Gasteiger partial charge is 0.273 e. The number of aromatic nitrogens is 2. The Morgan fingerprint density at radius 1 is 1.53 bits per heavy atom. The Morgan fingerprint density at radius 2 is 2.29 bits per heavy atom. The Balaban J connectivity index is 2.24. The van der Waals surface area contributed by atoms with Gasteiger partial charge in [-0.2, -0.15) is 0 Å². The molecule has 1 N–H and O–H groups in total. The van der Waals surface area contributed by atoms with Crippen molar-refractivity contribution in [1.29, 1.82) is 0 Å². The third kappa shape index (κ3) is 2.52. The number of rotatable bonds is 2. The molecule has 0 radical (unpaired) electrons. The molecule has 2 rings (SSSR count).